The van der Waals surface area contributed by atoms with E-state index in [1.807, 2.05) is 0 Å². The van der Waals surface area contributed by atoms with Crippen molar-refractivity contribution in [3.8, 4) is 0 Å². The van der Waals surface area contributed by atoms with Crippen molar-refractivity contribution in [2.45, 2.75) is 31.9 Å². The fourth-order valence-corrected chi connectivity index (χ4v) is 2.75. The summed E-state index contributed by atoms with van der Waals surface area (Å²) in [5, 5.41) is 0. The van der Waals surface area contributed by atoms with Gasteiger partial charge < -0.3 is 15.4 Å². The Morgan fingerprint density at radius 3 is 2.89 bits per heavy atom. The van der Waals surface area contributed by atoms with Crippen LogP contribution in [0.15, 0.2) is 28.7 Å². The molecule has 1 saturated heterocycles. The molecule has 2 unspecified atom stereocenters. The number of halogens is 1. The lowest BCUT2D eigenvalue weighted by atomic mass is 10.0. The van der Waals surface area contributed by atoms with E-state index in [0.717, 1.165) is 43.6 Å². The number of hydrogen-bond donors (Lipinski definition) is 1. The molecule has 4 heteroatoms. The second-order valence-electron chi connectivity index (χ2n) is 5.28. The minimum absolute atomic E-state index is 0.118. The van der Waals surface area contributed by atoms with Crippen molar-refractivity contribution in [2.75, 3.05) is 26.2 Å². The first-order valence-corrected chi connectivity index (χ1v) is 7.79. The third kappa shape index (κ3) is 4.88. The molecule has 0 bridgehead atoms. The van der Waals surface area contributed by atoms with Gasteiger partial charge in [-0.05, 0) is 37.5 Å². The van der Waals surface area contributed by atoms with Crippen LogP contribution >= 0.6 is 15.9 Å². The summed E-state index contributed by atoms with van der Waals surface area (Å²) in [4.78, 5) is 2.47. The molecule has 2 rings (SSSR count). The SMILES string of the molecule is CC1CN(CCC(N)c2ccc(Br)cc2)CCCO1. The summed E-state index contributed by atoms with van der Waals surface area (Å²) < 4.78 is 6.76. The molecule has 3 nitrogen and oxygen atoms in total. The molecule has 2 atom stereocenters. The van der Waals surface area contributed by atoms with E-state index < -0.39 is 0 Å². The highest BCUT2D eigenvalue weighted by molar-refractivity contribution is 9.10. The molecule has 1 aliphatic rings. The summed E-state index contributed by atoms with van der Waals surface area (Å²) in [7, 11) is 0. The van der Waals surface area contributed by atoms with Crippen LogP contribution in [0, 0.1) is 0 Å². The van der Waals surface area contributed by atoms with Gasteiger partial charge in [0.25, 0.3) is 0 Å². The molecule has 0 aliphatic carbocycles. The van der Waals surface area contributed by atoms with Gasteiger partial charge in [-0.3, -0.25) is 0 Å². The maximum Gasteiger partial charge on any atom is 0.0673 e. The molecule has 0 spiro atoms. The van der Waals surface area contributed by atoms with Crippen molar-refractivity contribution in [2.24, 2.45) is 5.73 Å². The summed E-state index contributed by atoms with van der Waals surface area (Å²) in [6.07, 6.45) is 2.46. The smallest absolute Gasteiger partial charge is 0.0673 e. The third-order valence-corrected chi connectivity index (χ3v) is 4.12. The average molecular weight is 327 g/mol. The van der Waals surface area contributed by atoms with Crippen LogP contribution in [0.4, 0.5) is 0 Å². The zero-order valence-electron chi connectivity index (χ0n) is 11.5. The average Bonchev–Trinajstić information content (AvgIpc) is 2.61. The Bertz CT molecular complexity index is 382. The van der Waals surface area contributed by atoms with E-state index in [1.165, 1.54) is 5.56 Å². The van der Waals surface area contributed by atoms with Gasteiger partial charge in [-0.2, -0.15) is 0 Å². The number of nitrogens with two attached hydrogens (primary N) is 1. The lowest BCUT2D eigenvalue weighted by Gasteiger charge is -2.23. The summed E-state index contributed by atoms with van der Waals surface area (Å²) >= 11 is 3.45. The first kappa shape index (κ1) is 15.0. The van der Waals surface area contributed by atoms with Crippen LogP contribution in [0.25, 0.3) is 0 Å². The Morgan fingerprint density at radius 2 is 2.16 bits per heavy atom. The summed E-state index contributed by atoms with van der Waals surface area (Å²) in [6.45, 7) is 6.22. The van der Waals surface area contributed by atoms with Crippen LogP contribution < -0.4 is 5.73 Å². The Hall–Kier alpha value is -0.420. The predicted molar refractivity (Wildman–Crippen MR) is 82.2 cm³/mol. The second-order valence-corrected chi connectivity index (χ2v) is 6.20. The van der Waals surface area contributed by atoms with Gasteiger partial charge >= 0.3 is 0 Å². The fourth-order valence-electron chi connectivity index (χ4n) is 2.48. The van der Waals surface area contributed by atoms with Crippen molar-refractivity contribution in [1.29, 1.82) is 0 Å². The van der Waals surface area contributed by atoms with Gasteiger partial charge in [0.15, 0.2) is 0 Å². The van der Waals surface area contributed by atoms with Crippen molar-refractivity contribution in [3.05, 3.63) is 34.3 Å². The van der Waals surface area contributed by atoms with Gasteiger partial charge in [-0.25, -0.2) is 0 Å². The molecule has 1 fully saturated rings. The lowest BCUT2D eigenvalue weighted by Crippen LogP contribution is -2.32. The number of hydrogen-bond acceptors (Lipinski definition) is 3. The maximum absolute atomic E-state index is 6.26. The van der Waals surface area contributed by atoms with Crippen LogP contribution in [0.2, 0.25) is 0 Å². The third-order valence-electron chi connectivity index (χ3n) is 3.59. The molecule has 0 aromatic heterocycles. The van der Waals surface area contributed by atoms with Crippen molar-refractivity contribution < 1.29 is 4.74 Å². The van der Waals surface area contributed by atoms with Gasteiger partial charge in [-0.1, -0.05) is 28.1 Å². The first-order chi connectivity index (χ1) is 9.15. The number of ether oxygens (including phenoxy) is 1. The maximum atomic E-state index is 6.26. The molecule has 19 heavy (non-hydrogen) atoms. The molecule has 1 aromatic rings. The zero-order valence-corrected chi connectivity index (χ0v) is 13.1. The van der Waals surface area contributed by atoms with E-state index in [1.54, 1.807) is 0 Å². The number of nitrogens with zero attached hydrogens (tertiary/aromatic N) is 1. The van der Waals surface area contributed by atoms with E-state index >= 15 is 0 Å². The topological polar surface area (TPSA) is 38.5 Å². The Morgan fingerprint density at radius 1 is 1.42 bits per heavy atom. The molecule has 1 aliphatic heterocycles. The van der Waals surface area contributed by atoms with Crippen LogP contribution in [0.3, 0.4) is 0 Å². The van der Waals surface area contributed by atoms with Gasteiger partial charge in [0.05, 0.1) is 6.10 Å². The normalized spacial score (nSPS) is 23.0. The van der Waals surface area contributed by atoms with Crippen molar-refractivity contribution in [3.63, 3.8) is 0 Å². The summed E-state index contributed by atoms with van der Waals surface area (Å²) in [6, 6.07) is 8.42. The molecule has 1 heterocycles. The fraction of sp³-hybridized carbons (Fsp3) is 0.600. The molecule has 2 N–H and O–H groups in total. The molecular formula is C15H23BrN2O. The summed E-state index contributed by atoms with van der Waals surface area (Å²) in [5.41, 5.74) is 7.47. The highest BCUT2D eigenvalue weighted by atomic mass is 79.9. The molecule has 1 aromatic carbocycles. The molecule has 0 amide bonds. The van der Waals surface area contributed by atoms with Crippen LogP contribution in [-0.2, 0) is 4.74 Å². The van der Waals surface area contributed by atoms with Crippen molar-refractivity contribution >= 4 is 15.9 Å². The Labute approximate surface area is 124 Å². The van der Waals surface area contributed by atoms with Crippen LogP contribution in [0.5, 0.6) is 0 Å². The predicted octanol–water partition coefficient (Wildman–Crippen LogP) is 2.95. The van der Waals surface area contributed by atoms with Gasteiger partial charge in [-0.15, -0.1) is 0 Å². The lowest BCUT2D eigenvalue weighted by molar-refractivity contribution is 0.0674. The minimum atomic E-state index is 0.118. The largest absolute Gasteiger partial charge is 0.377 e. The van der Waals surface area contributed by atoms with E-state index in [0.29, 0.717) is 6.10 Å². The van der Waals surface area contributed by atoms with E-state index in [-0.39, 0.29) is 6.04 Å². The highest BCUT2D eigenvalue weighted by Crippen LogP contribution is 2.18. The standard InChI is InChI=1S/C15H23BrN2O/c1-12-11-18(8-2-10-19-12)9-7-15(17)13-3-5-14(16)6-4-13/h3-6,12,15H,2,7-11,17H2,1H3. The second kappa shape index (κ2) is 7.39. The van der Waals surface area contributed by atoms with Gasteiger partial charge in [0.1, 0.15) is 0 Å². The Balaban J connectivity index is 1.82. The number of rotatable bonds is 4. The van der Waals surface area contributed by atoms with Gasteiger partial charge in [0, 0.05) is 36.8 Å². The number of benzene rings is 1. The van der Waals surface area contributed by atoms with Crippen LogP contribution in [-0.4, -0.2) is 37.2 Å². The minimum Gasteiger partial charge on any atom is -0.377 e. The Kier molecular flexibility index (Phi) is 5.82. The van der Waals surface area contributed by atoms with Gasteiger partial charge in [0.2, 0.25) is 0 Å². The first-order valence-electron chi connectivity index (χ1n) is 7.00. The van der Waals surface area contributed by atoms with E-state index in [2.05, 4.69) is 52.0 Å². The van der Waals surface area contributed by atoms with Crippen molar-refractivity contribution in [1.82, 2.24) is 4.90 Å². The molecule has 106 valence electrons. The zero-order chi connectivity index (χ0) is 13.7. The monoisotopic (exact) mass is 326 g/mol. The van der Waals surface area contributed by atoms with E-state index in [9.17, 15) is 0 Å². The molecule has 0 radical (unpaired) electrons. The summed E-state index contributed by atoms with van der Waals surface area (Å²) in [5.74, 6) is 0. The highest BCUT2D eigenvalue weighted by Gasteiger charge is 2.16. The quantitative estimate of drug-likeness (QED) is 0.924. The van der Waals surface area contributed by atoms with Crippen LogP contribution in [0.1, 0.15) is 31.4 Å². The van der Waals surface area contributed by atoms with E-state index in [4.69, 9.17) is 10.5 Å². The molecular weight excluding hydrogens is 304 g/mol. The molecule has 0 saturated carbocycles.